The number of ether oxygens (including phenoxy) is 1. The van der Waals surface area contributed by atoms with Crippen LogP contribution in [0.3, 0.4) is 0 Å². The van der Waals surface area contributed by atoms with Crippen LogP contribution in [0, 0.1) is 0 Å². The summed E-state index contributed by atoms with van der Waals surface area (Å²) in [5, 5.41) is 2.58. The molecule has 7 nitrogen and oxygen atoms in total. The zero-order valence-corrected chi connectivity index (χ0v) is 17.4. The van der Waals surface area contributed by atoms with Crippen LogP contribution in [0.4, 0.5) is 5.69 Å². The predicted octanol–water partition coefficient (Wildman–Crippen LogP) is 3.18. The standard InChI is InChI=1S/C21H26N2O5S/c1-3-4-10-21(25)28-16-20(24)22-18-11-13-19(14-12-18)29(26,27)23(2)15-17-8-6-5-7-9-17/h5-9,11-14H,3-4,10,15-16H2,1-2H3,(H,22,24). The summed E-state index contributed by atoms with van der Waals surface area (Å²) >= 11 is 0. The average Bonchev–Trinajstić information content (AvgIpc) is 2.71. The van der Waals surface area contributed by atoms with Crippen LogP contribution in [0.25, 0.3) is 0 Å². The maximum Gasteiger partial charge on any atom is 0.306 e. The Morgan fingerprint density at radius 3 is 2.31 bits per heavy atom. The third kappa shape index (κ3) is 6.99. The quantitative estimate of drug-likeness (QED) is 0.598. The highest BCUT2D eigenvalue weighted by Crippen LogP contribution is 2.19. The molecular formula is C21H26N2O5S. The van der Waals surface area contributed by atoms with E-state index >= 15 is 0 Å². The zero-order valence-electron chi connectivity index (χ0n) is 16.6. The van der Waals surface area contributed by atoms with Crippen LogP contribution in [-0.4, -0.2) is 38.3 Å². The first-order valence-corrected chi connectivity index (χ1v) is 10.8. The third-order valence-corrected chi connectivity index (χ3v) is 6.01. The smallest absolute Gasteiger partial charge is 0.306 e. The summed E-state index contributed by atoms with van der Waals surface area (Å²) in [5.41, 5.74) is 1.31. The molecule has 0 aliphatic rings. The maximum atomic E-state index is 12.7. The minimum absolute atomic E-state index is 0.125. The van der Waals surface area contributed by atoms with Crippen molar-refractivity contribution in [3.8, 4) is 0 Å². The molecule has 0 heterocycles. The number of hydrogen-bond donors (Lipinski definition) is 1. The Morgan fingerprint density at radius 2 is 1.69 bits per heavy atom. The molecule has 0 fully saturated rings. The van der Waals surface area contributed by atoms with Gasteiger partial charge in [-0.1, -0.05) is 43.7 Å². The Hall–Kier alpha value is -2.71. The fourth-order valence-corrected chi connectivity index (χ4v) is 3.71. The molecule has 0 spiro atoms. The second kappa shape index (κ2) is 10.7. The molecule has 0 saturated heterocycles. The molecule has 8 heteroatoms. The van der Waals surface area contributed by atoms with Crippen LogP contribution >= 0.6 is 0 Å². The summed E-state index contributed by atoms with van der Waals surface area (Å²) in [5.74, 6) is -0.892. The lowest BCUT2D eigenvalue weighted by molar-refractivity contribution is -0.147. The van der Waals surface area contributed by atoms with E-state index in [0.717, 1.165) is 18.4 Å². The van der Waals surface area contributed by atoms with Crippen LogP contribution in [0.5, 0.6) is 0 Å². The van der Waals surface area contributed by atoms with Gasteiger partial charge in [0.2, 0.25) is 10.0 Å². The third-order valence-electron chi connectivity index (χ3n) is 4.19. The number of benzene rings is 2. The van der Waals surface area contributed by atoms with E-state index in [1.54, 1.807) is 0 Å². The molecule has 2 rings (SSSR count). The van der Waals surface area contributed by atoms with Gasteiger partial charge in [-0.05, 0) is 36.2 Å². The van der Waals surface area contributed by atoms with Gasteiger partial charge in [0, 0.05) is 25.7 Å². The van der Waals surface area contributed by atoms with Crippen LogP contribution < -0.4 is 5.32 Å². The van der Waals surface area contributed by atoms with Crippen molar-refractivity contribution in [3.63, 3.8) is 0 Å². The molecule has 2 aromatic carbocycles. The van der Waals surface area contributed by atoms with E-state index in [0.29, 0.717) is 5.69 Å². The predicted molar refractivity (Wildman–Crippen MR) is 111 cm³/mol. The second-order valence-electron chi connectivity index (χ2n) is 6.58. The van der Waals surface area contributed by atoms with Gasteiger partial charge >= 0.3 is 5.97 Å². The number of rotatable bonds is 10. The second-order valence-corrected chi connectivity index (χ2v) is 8.63. The highest BCUT2D eigenvalue weighted by Gasteiger charge is 2.21. The number of carbonyl (C=O) groups excluding carboxylic acids is 2. The van der Waals surface area contributed by atoms with Gasteiger partial charge in [0.25, 0.3) is 5.91 Å². The fourth-order valence-electron chi connectivity index (χ4n) is 2.55. The monoisotopic (exact) mass is 418 g/mol. The number of nitrogens with zero attached hydrogens (tertiary/aromatic N) is 1. The molecule has 2 aromatic rings. The van der Waals surface area contributed by atoms with Crippen LogP contribution in [-0.2, 0) is 30.9 Å². The Kier molecular flexibility index (Phi) is 8.35. The Morgan fingerprint density at radius 1 is 1.03 bits per heavy atom. The fraction of sp³-hybridized carbons (Fsp3) is 0.333. The number of unbranched alkanes of at least 4 members (excludes halogenated alkanes) is 1. The number of sulfonamides is 1. The number of carbonyl (C=O) groups is 2. The molecule has 1 N–H and O–H groups in total. The van der Waals surface area contributed by atoms with Crippen LogP contribution in [0.15, 0.2) is 59.5 Å². The van der Waals surface area contributed by atoms with E-state index in [1.807, 2.05) is 37.3 Å². The van der Waals surface area contributed by atoms with Crippen molar-refractivity contribution in [1.29, 1.82) is 0 Å². The van der Waals surface area contributed by atoms with Gasteiger partial charge in [-0.3, -0.25) is 9.59 Å². The minimum Gasteiger partial charge on any atom is -0.456 e. The lowest BCUT2D eigenvalue weighted by Crippen LogP contribution is -2.26. The van der Waals surface area contributed by atoms with E-state index < -0.39 is 21.9 Å². The number of amides is 1. The first kappa shape index (κ1) is 22.6. The topological polar surface area (TPSA) is 92.8 Å². The summed E-state index contributed by atoms with van der Waals surface area (Å²) in [6, 6.07) is 15.2. The van der Waals surface area contributed by atoms with Crippen molar-refractivity contribution in [1.82, 2.24) is 4.31 Å². The van der Waals surface area contributed by atoms with E-state index in [4.69, 9.17) is 4.74 Å². The van der Waals surface area contributed by atoms with E-state index in [-0.39, 0.29) is 24.5 Å². The lowest BCUT2D eigenvalue weighted by atomic mass is 10.2. The van der Waals surface area contributed by atoms with Gasteiger partial charge < -0.3 is 10.1 Å². The van der Waals surface area contributed by atoms with Crippen LogP contribution in [0.1, 0.15) is 31.7 Å². The highest BCUT2D eigenvalue weighted by atomic mass is 32.2. The van der Waals surface area contributed by atoms with Gasteiger partial charge in [0.05, 0.1) is 4.90 Å². The average molecular weight is 419 g/mol. The molecule has 0 aliphatic heterocycles. The largest absolute Gasteiger partial charge is 0.456 e. The van der Waals surface area contributed by atoms with E-state index in [2.05, 4.69) is 5.32 Å². The number of nitrogens with one attached hydrogen (secondary N) is 1. The van der Waals surface area contributed by atoms with E-state index in [9.17, 15) is 18.0 Å². The zero-order chi connectivity index (χ0) is 21.3. The summed E-state index contributed by atoms with van der Waals surface area (Å²) in [6.07, 6.45) is 1.87. The van der Waals surface area contributed by atoms with Gasteiger partial charge in [0.1, 0.15) is 0 Å². The molecule has 0 radical (unpaired) electrons. The normalized spacial score (nSPS) is 11.3. The molecule has 0 atom stereocenters. The molecule has 29 heavy (non-hydrogen) atoms. The van der Waals surface area contributed by atoms with Crippen molar-refractivity contribution < 1.29 is 22.7 Å². The van der Waals surface area contributed by atoms with Gasteiger partial charge in [-0.25, -0.2) is 8.42 Å². The Bertz CT molecular complexity index is 912. The Labute approximate surface area is 171 Å². The van der Waals surface area contributed by atoms with Crippen molar-refractivity contribution in [3.05, 3.63) is 60.2 Å². The maximum absolute atomic E-state index is 12.7. The first-order valence-electron chi connectivity index (χ1n) is 9.38. The lowest BCUT2D eigenvalue weighted by Gasteiger charge is -2.17. The minimum atomic E-state index is -3.66. The molecule has 0 unspecified atom stereocenters. The van der Waals surface area contributed by atoms with Gasteiger partial charge in [-0.2, -0.15) is 4.31 Å². The number of hydrogen-bond acceptors (Lipinski definition) is 5. The number of anilines is 1. The van der Waals surface area contributed by atoms with E-state index in [1.165, 1.54) is 35.6 Å². The first-order chi connectivity index (χ1) is 13.8. The molecular weight excluding hydrogens is 392 g/mol. The van der Waals surface area contributed by atoms with Crippen molar-refractivity contribution in [2.45, 2.75) is 37.6 Å². The van der Waals surface area contributed by atoms with Crippen LogP contribution in [0.2, 0.25) is 0 Å². The van der Waals surface area contributed by atoms with Gasteiger partial charge in [-0.15, -0.1) is 0 Å². The molecule has 1 amide bonds. The SMILES string of the molecule is CCCCC(=O)OCC(=O)Nc1ccc(S(=O)(=O)N(C)Cc2ccccc2)cc1. The molecule has 156 valence electrons. The summed E-state index contributed by atoms with van der Waals surface area (Å²) in [6.45, 7) is 1.84. The molecule has 0 aromatic heterocycles. The van der Waals surface area contributed by atoms with Crippen molar-refractivity contribution in [2.75, 3.05) is 19.0 Å². The molecule has 0 bridgehead atoms. The van der Waals surface area contributed by atoms with Gasteiger partial charge in [0.15, 0.2) is 6.61 Å². The summed E-state index contributed by atoms with van der Waals surface area (Å²) < 4.78 is 31.6. The molecule has 0 saturated carbocycles. The highest BCUT2D eigenvalue weighted by molar-refractivity contribution is 7.89. The number of esters is 1. The summed E-state index contributed by atoms with van der Waals surface area (Å²) in [7, 11) is -2.14. The summed E-state index contributed by atoms with van der Waals surface area (Å²) in [4.78, 5) is 23.4. The molecule has 0 aliphatic carbocycles. The van der Waals surface area contributed by atoms with Crippen molar-refractivity contribution in [2.24, 2.45) is 0 Å². The Balaban J connectivity index is 1.93. The van der Waals surface area contributed by atoms with Crippen molar-refractivity contribution >= 4 is 27.6 Å².